The van der Waals surface area contributed by atoms with Crippen LogP contribution in [-0.4, -0.2) is 42.0 Å². The van der Waals surface area contributed by atoms with E-state index in [0.29, 0.717) is 27.7 Å². The normalized spacial score (nSPS) is 12.2. The number of aryl methyl sites for hydroxylation is 3. The Morgan fingerprint density at radius 1 is 1.18 bits per heavy atom. The number of hydrogen-bond donors (Lipinski definition) is 1. The first kappa shape index (κ1) is 20.0. The summed E-state index contributed by atoms with van der Waals surface area (Å²) in [6, 6.07) is 6.06. The van der Waals surface area contributed by atoms with Gasteiger partial charge < -0.3 is 4.98 Å². The zero-order valence-corrected chi connectivity index (χ0v) is 17.6. The van der Waals surface area contributed by atoms with E-state index in [9.17, 15) is 9.59 Å². The number of nitrogens with one attached hydrogen (secondary N) is 1. The molecule has 0 aliphatic heterocycles. The van der Waals surface area contributed by atoms with Crippen molar-refractivity contribution >= 4 is 23.3 Å². The van der Waals surface area contributed by atoms with Crippen LogP contribution in [0.3, 0.4) is 0 Å². The molecule has 28 heavy (non-hydrogen) atoms. The maximum atomic E-state index is 13.0. The van der Waals surface area contributed by atoms with Crippen LogP contribution in [0.1, 0.15) is 57.1 Å². The summed E-state index contributed by atoms with van der Waals surface area (Å²) in [5.74, 6) is -0.141. The van der Waals surface area contributed by atoms with E-state index in [0.717, 1.165) is 16.8 Å². The van der Waals surface area contributed by atoms with Crippen LogP contribution >= 0.6 is 11.8 Å². The molecule has 0 saturated carbocycles. The Morgan fingerprint density at radius 3 is 2.54 bits per heavy atom. The standard InChI is InChI=1S/C20H23N5O2S/c1-10-7-8-11(2)16(9-10)25-20(22-23-24-25)28-15(6)19(27)18-12(3)17(14(5)26)13(4)21-18/h7-9,15,21H,1-6H3/t15-/m1/s1. The van der Waals surface area contributed by atoms with Gasteiger partial charge in [-0.25, -0.2) is 0 Å². The zero-order valence-electron chi connectivity index (χ0n) is 16.8. The van der Waals surface area contributed by atoms with Gasteiger partial charge in [0.2, 0.25) is 5.16 Å². The quantitative estimate of drug-likeness (QED) is 0.502. The highest BCUT2D eigenvalue weighted by Crippen LogP contribution is 2.28. The number of Topliss-reactive ketones (excluding diaryl/α,β-unsaturated/α-hetero) is 2. The van der Waals surface area contributed by atoms with Crippen molar-refractivity contribution in [3.05, 3.63) is 51.8 Å². The number of aromatic nitrogens is 5. The summed E-state index contributed by atoms with van der Waals surface area (Å²) in [6.07, 6.45) is 0. The number of nitrogens with zero attached hydrogens (tertiary/aromatic N) is 4. The number of H-pyrrole nitrogens is 1. The Balaban J connectivity index is 1.89. The van der Waals surface area contributed by atoms with Gasteiger partial charge in [-0.3, -0.25) is 9.59 Å². The van der Waals surface area contributed by atoms with E-state index in [1.165, 1.54) is 18.7 Å². The number of tetrazole rings is 1. The molecule has 0 aliphatic carbocycles. The fourth-order valence-corrected chi connectivity index (χ4v) is 4.15. The molecule has 0 spiro atoms. The Hall–Kier alpha value is -2.74. The number of benzene rings is 1. The van der Waals surface area contributed by atoms with Crippen LogP contribution in [0.4, 0.5) is 0 Å². The van der Waals surface area contributed by atoms with Gasteiger partial charge in [-0.15, -0.1) is 5.10 Å². The summed E-state index contributed by atoms with van der Waals surface area (Å²) < 4.78 is 1.66. The summed E-state index contributed by atoms with van der Waals surface area (Å²) in [5, 5.41) is 12.1. The average Bonchev–Trinajstić information content (AvgIpc) is 3.20. The van der Waals surface area contributed by atoms with E-state index in [-0.39, 0.29) is 11.6 Å². The molecule has 0 radical (unpaired) electrons. The first-order valence-corrected chi connectivity index (χ1v) is 9.85. The number of rotatable bonds is 6. The highest BCUT2D eigenvalue weighted by Gasteiger charge is 2.26. The van der Waals surface area contributed by atoms with E-state index < -0.39 is 5.25 Å². The summed E-state index contributed by atoms with van der Waals surface area (Å²) in [7, 11) is 0. The molecule has 0 saturated heterocycles. The third kappa shape index (κ3) is 3.64. The van der Waals surface area contributed by atoms with Gasteiger partial charge in [-0.2, -0.15) is 4.68 Å². The Labute approximate surface area is 167 Å². The lowest BCUT2D eigenvalue weighted by Crippen LogP contribution is -2.16. The third-order valence-electron chi connectivity index (χ3n) is 4.72. The van der Waals surface area contributed by atoms with Crippen LogP contribution in [-0.2, 0) is 0 Å². The molecule has 0 bridgehead atoms. The molecule has 0 aliphatic rings. The molecule has 3 aromatic rings. The molecular formula is C20H23N5O2S. The van der Waals surface area contributed by atoms with E-state index in [1.807, 2.05) is 39.0 Å². The first-order chi connectivity index (χ1) is 13.2. The molecule has 1 N–H and O–H groups in total. The Morgan fingerprint density at radius 2 is 1.89 bits per heavy atom. The van der Waals surface area contributed by atoms with Gasteiger partial charge in [0.25, 0.3) is 0 Å². The summed E-state index contributed by atoms with van der Waals surface area (Å²) in [5.41, 5.74) is 5.49. The number of carbonyl (C=O) groups is 2. The second kappa shape index (κ2) is 7.71. The Kier molecular flexibility index (Phi) is 5.51. The SMILES string of the molecule is CC(=O)c1c(C)[nH]c(C(=O)[C@@H](C)Sc2nnnn2-c2cc(C)ccc2C)c1C. The fourth-order valence-electron chi connectivity index (χ4n) is 3.29. The van der Waals surface area contributed by atoms with E-state index in [4.69, 9.17) is 0 Å². The maximum absolute atomic E-state index is 13.0. The van der Waals surface area contributed by atoms with Crippen LogP contribution < -0.4 is 0 Å². The van der Waals surface area contributed by atoms with Crippen LogP contribution in [0, 0.1) is 27.7 Å². The first-order valence-electron chi connectivity index (χ1n) is 8.97. The monoisotopic (exact) mass is 397 g/mol. The highest BCUT2D eigenvalue weighted by atomic mass is 32.2. The minimum atomic E-state index is -0.425. The fraction of sp³-hybridized carbons (Fsp3) is 0.350. The number of hydrogen-bond acceptors (Lipinski definition) is 6. The molecule has 0 unspecified atom stereocenters. The van der Waals surface area contributed by atoms with Crippen LogP contribution in [0.15, 0.2) is 23.4 Å². The van der Waals surface area contributed by atoms with Crippen molar-refractivity contribution in [3.8, 4) is 5.69 Å². The summed E-state index contributed by atoms with van der Waals surface area (Å²) in [6.45, 7) is 10.9. The van der Waals surface area contributed by atoms with Gasteiger partial charge in [-0.1, -0.05) is 23.9 Å². The van der Waals surface area contributed by atoms with Gasteiger partial charge in [0.05, 0.1) is 16.6 Å². The van der Waals surface area contributed by atoms with Crippen LogP contribution in [0.25, 0.3) is 5.69 Å². The summed E-state index contributed by atoms with van der Waals surface area (Å²) in [4.78, 5) is 27.9. The molecule has 2 aromatic heterocycles. The van der Waals surface area contributed by atoms with Gasteiger partial charge in [0, 0.05) is 11.3 Å². The minimum Gasteiger partial charge on any atom is -0.355 e. The molecule has 0 amide bonds. The molecule has 1 atom stereocenters. The highest BCUT2D eigenvalue weighted by molar-refractivity contribution is 8.00. The van der Waals surface area contributed by atoms with Crippen molar-refractivity contribution < 1.29 is 9.59 Å². The molecule has 146 valence electrons. The minimum absolute atomic E-state index is 0.0514. The lowest BCUT2D eigenvalue weighted by atomic mass is 10.0. The zero-order chi connectivity index (χ0) is 20.6. The second-order valence-corrected chi connectivity index (χ2v) is 8.28. The lowest BCUT2D eigenvalue weighted by molar-refractivity contribution is 0.0988. The predicted octanol–water partition coefficient (Wildman–Crippen LogP) is 3.79. The largest absolute Gasteiger partial charge is 0.355 e. The average molecular weight is 398 g/mol. The van der Waals surface area contributed by atoms with Crippen molar-refractivity contribution in [2.24, 2.45) is 0 Å². The molecule has 8 heteroatoms. The second-order valence-electron chi connectivity index (χ2n) is 6.97. The third-order valence-corrected chi connectivity index (χ3v) is 5.75. The molecular weight excluding hydrogens is 374 g/mol. The molecule has 2 heterocycles. The van der Waals surface area contributed by atoms with E-state index in [2.05, 4.69) is 20.5 Å². The van der Waals surface area contributed by atoms with Crippen LogP contribution in [0.2, 0.25) is 0 Å². The Bertz CT molecular complexity index is 1070. The molecule has 7 nitrogen and oxygen atoms in total. The van der Waals surface area contributed by atoms with Crippen LogP contribution in [0.5, 0.6) is 0 Å². The van der Waals surface area contributed by atoms with Crippen molar-refractivity contribution in [1.82, 2.24) is 25.2 Å². The predicted molar refractivity (Wildman–Crippen MR) is 109 cm³/mol. The molecule has 1 aromatic carbocycles. The molecule has 3 rings (SSSR count). The summed E-state index contributed by atoms with van der Waals surface area (Å²) >= 11 is 1.29. The lowest BCUT2D eigenvalue weighted by Gasteiger charge is -2.12. The smallest absolute Gasteiger partial charge is 0.214 e. The van der Waals surface area contributed by atoms with Crippen molar-refractivity contribution in [2.45, 2.75) is 51.9 Å². The van der Waals surface area contributed by atoms with Gasteiger partial charge >= 0.3 is 0 Å². The number of carbonyl (C=O) groups excluding carboxylic acids is 2. The number of thioether (sulfide) groups is 1. The van der Waals surface area contributed by atoms with E-state index in [1.54, 1.807) is 18.5 Å². The van der Waals surface area contributed by atoms with Gasteiger partial charge in [0.15, 0.2) is 11.6 Å². The van der Waals surface area contributed by atoms with Gasteiger partial charge in [0.1, 0.15) is 0 Å². The van der Waals surface area contributed by atoms with E-state index >= 15 is 0 Å². The van der Waals surface area contributed by atoms with Crippen molar-refractivity contribution in [3.63, 3.8) is 0 Å². The number of ketones is 2. The van der Waals surface area contributed by atoms with Gasteiger partial charge in [-0.05, 0) is 74.7 Å². The number of aromatic amines is 1. The molecule has 0 fully saturated rings. The topological polar surface area (TPSA) is 93.5 Å². The van der Waals surface area contributed by atoms with Crippen molar-refractivity contribution in [1.29, 1.82) is 0 Å². The van der Waals surface area contributed by atoms with Crippen molar-refractivity contribution in [2.75, 3.05) is 0 Å². The maximum Gasteiger partial charge on any atom is 0.214 e.